The molecule has 2 rings (SSSR count). The zero-order valence-electron chi connectivity index (χ0n) is 9.92. The molecule has 0 saturated heterocycles. The van der Waals surface area contributed by atoms with Crippen LogP contribution in [0.5, 0.6) is 0 Å². The van der Waals surface area contributed by atoms with Gasteiger partial charge in [-0.1, -0.05) is 12.1 Å². The fraction of sp³-hybridized carbons (Fsp3) is 0.143. The third-order valence-electron chi connectivity index (χ3n) is 2.75. The van der Waals surface area contributed by atoms with Crippen LogP contribution in [0.3, 0.4) is 0 Å². The van der Waals surface area contributed by atoms with Crippen molar-refractivity contribution in [3.63, 3.8) is 0 Å². The zero-order chi connectivity index (χ0) is 12.4. The SMILES string of the molecule is Cc1ccc(N)c(Nc2cccc(F)c2C)c1. The van der Waals surface area contributed by atoms with Gasteiger partial charge in [-0.15, -0.1) is 0 Å². The highest BCUT2D eigenvalue weighted by Crippen LogP contribution is 2.27. The van der Waals surface area contributed by atoms with Gasteiger partial charge in [0.2, 0.25) is 0 Å². The van der Waals surface area contributed by atoms with Gasteiger partial charge >= 0.3 is 0 Å². The topological polar surface area (TPSA) is 38.0 Å². The molecule has 0 radical (unpaired) electrons. The molecule has 0 aliphatic carbocycles. The van der Waals surface area contributed by atoms with E-state index in [0.717, 1.165) is 16.9 Å². The van der Waals surface area contributed by atoms with E-state index in [4.69, 9.17) is 5.73 Å². The maximum absolute atomic E-state index is 13.4. The molecule has 0 aliphatic rings. The second-order valence-corrected chi connectivity index (χ2v) is 4.13. The molecule has 0 fully saturated rings. The summed E-state index contributed by atoms with van der Waals surface area (Å²) in [6.07, 6.45) is 0. The zero-order valence-corrected chi connectivity index (χ0v) is 9.92. The van der Waals surface area contributed by atoms with Crippen LogP contribution in [-0.4, -0.2) is 0 Å². The van der Waals surface area contributed by atoms with Crippen LogP contribution >= 0.6 is 0 Å². The summed E-state index contributed by atoms with van der Waals surface area (Å²) in [5.41, 5.74) is 9.76. The number of halogens is 1. The summed E-state index contributed by atoms with van der Waals surface area (Å²) < 4.78 is 13.4. The van der Waals surface area contributed by atoms with Crippen molar-refractivity contribution in [2.24, 2.45) is 0 Å². The number of aryl methyl sites for hydroxylation is 1. The first-order valence-corrected chi connectivity index (χ1v) is 5.46. The predicted octanol–water partition coefficient (Wildman–Crippen LogP) is 3.77. The van der Waals surface area contributed by atoms with Crippen molar-refractivity contribution in [3.8, 4) is 0 Å². The molecule has 3 heteroatoms. The van der Waals surface area contributed by atoms with Crippen LogP contribution in [0, 0.1) is 19.7 Å². The second-order valence-electron chi connectivity index (χ2n) is 4.13. The summed E-state index contributed by atoms with van der Waals surface area (Å²) in [5.74, 6) is -0.221. The van der Waals surface area contributed by atoms with Crippen LogP contribution in [-0.2, 0) is 0 Å². The van der Waals surface area contributed by atoms with Gasteiger partial charge in [0.1, 0.15) is 5.82 Å². The van der Waals surface area contributed by atoms with Crippen LogP contribution in [0.2, 0.25) is 0 Å². The Morgan fingerprint density at radius 2 is 1.82 bits per heavy atom. The minimum absolute atomic E-state index is 0.221. The number of rotatable bonds is 2. The number of anilines is 3. The lowest BCUT2D eigenvalue weighted by Gasteiger charge is -2.12. The lowest BCUT2D eigenvalue weighted by Crippen LogP contribution is -1.99. The molecule has 0 aliphatic heterocycles. The first-order chi connectivity index (χ1) is 8.08. The van der Waals surface area contributed by atoms with Gasteiger partial charge < -0.3 is 11.1 Å². The van der Waals surface area contributed by atoms with E-state index in [0.29, 0.717) is 11.3 Å². The summed E-state index contributed by atoms with van der Waals surface area (Å²) in [6.45, 7) is 3.73. The number of hydrogen-bond donors (Lipinski definition) is 2. The fourth-order valence-corrected chi connectivity index (χ4v) is 1.67. The number of nitrogen functional groups attached to an aromatic ring is 1. The molecule has 2 aromatic carbocycles. The van der Waals surface area contributed by atoms with Crippen molar-refractivity contribution in [3.05, 3.63) is 53.3 Å². The third-order valence-corrected chi connectivity index (χ3v) is 2.75. The highest BCUT2D eigenvalue weighted by molar-refractivity contribution is 5.74. The lowest BCUT2D eigenvalue weighted by atomic mass is 10.1. The molecular formula is C14H15FN2. The Morgan fingerprint density at radius 1 is 1.06 bits per heavy atom. The summed E-state index contributed by atoms with van der Waals surface area (Å²) in [7, 11) is 0. The first-order valence-electron chi connectivity index (χ1n) is 5.46. The molecule has 0 heterocycles. The van der Waals surface area contributed by atoms with E-state index >= 15 is 0 Å². The molecule has 0 saturated carbocycles. The summed E-state index contributed by atoms with van der Waals surface area (Å²) >= 11 is 0. The molecule has 0 amide bonds. The van der Waals surface area contributed by atoms with Gasteiger partial charge in [-0.25, -0.2) is 4.39 Å². The quantitative estimate of drug-likeness (QED) is 0.771. The van der Waals surface area contributed by atoms with Gasteiger partial charge in [-0.3, -0.25) is 0 Å². The van der Waals surface area contributed by atoms with Crippen molar-refractivity contribution in [2.75, 3.05) is 11.1 Å². The van der Waals surface area contributed by atoms with E-state index in [1.807, 2.05) is 31.2 Å². The summed E-state index contributed by atoms with van der Waals surface area (Å²) in [4.78, 5) is 0. The Labute approximate surface area is 100 Å². The van der Waals surface area contributed by atoms with Gasteiger partial charge in [0.05, 0.1) is 11.4 Å². The Hall–Kier alpha value is -2.03. The van der Waals surface area contributed by atoms with Crippen LogP contribution in [0.15, 0.2) is 36.4 Å². The first kappa shape index (κ1) is 11.5. The molecular weight excluding hydrogens is 215 g/mol. The number of benzene rings is 2. The maximum Gasteiger partial charge on any atom is 0.128 e. The van der Waals surface area contributed by atoms with Gasteiger partial charge in [-0.2, -0.15) is 0 Å². The standard InChI is InChI=1S/C14H15FN2/c1-9-6-7-12(16)14(8-9)17-13-5-3-4-11(15)10(13)2/h3-8,17H,16H2,1-2H3. The molecule has 2 aromatic rings. The summed E-state index contributed by atoms with van der Waals surface area (Å²) in [5, 5.41) is 3.16. The largest absolute Gasteiger partial charge is 0.397 e. The van der Waals surface area contributed by atoms with E-state index in [1.54, 1.807) is 13.0 Å². The Kier molecular flexibility index (Phi) is 3.00. The number of nitrogens with one attached hydrogen (secondary N) is 1. The van der Waals surface area contributed by atoms with Gasteiger partial charge in [0.15, 0.2) is 0 Å². The highest BCUT2D eigenvalue weighted by Gasteiger charge is 2.05. The molecule has 17 heavy (non-hydrogen) atoms. The molecule has 0 spiro atoms. The monoisotopic (exact) mass is 230 g/mol. The van der Waals surface area contributed by atoms with Crippen molar-refractivity contribution >= 4 is 17.1 Å². The average molecular weight is 230 g/mol. The van der Waals surface area contributed by atoms with Gasteiger partial charge in [0, 0.05) is 11.3 Å². The third kappa shape index (κ3) is 2.38. The Balaban J connectivity index is 2.38. The molecule has 88 valence electrons. The maximum atomic E-state index is 13.4. The molecule has 0 atom stereocenters. The lowest BCUT2D eigenvalue weighted by molar-refractivity contribution is 0.619. The minimum Gasteiger partial charge on any atom is -0.397 e. The van der Waals surface area contributed by atoms with Crippen LogP contribution < -0.4 is 11.1 Å². The van der Waals surface area contributed by atoms with Crippen molar-refractivity contribution in [1.82, 2.24) is 0 Å². The van der Waals surface area contributed by atoms with Gasteiger partial charge in [-0.05, 0) is 43.7 Å². The van der Waals surface area contributed by atoms with E-state index in [9.17, 15) is 4.39 Å². The molecule has 2 nitrogen and oxygen atoms in total. The van der Waals surface area contributed by atoms with Crippen LogP contribution in [0.4, 0.5) is 21.5 Å². The molecule has 0 aromatic heterocycles. The minimum atomic E-state index is -0.221. The Morgan fingerprint density at radius 3 is 2.59 bits per heavy atom. The van der Waals surface area contributed by atoms with E-state index < -0.39 is 0 Å². The van der Waals surface area contributed by atoms with Crippen molar-refractivity contribution in [2.45, 2.75) is 13.8 Å². The van der Waals surface area contributed by atoms with Crippen LogP contribution in [0.1, 0.15) is 11.1 Å². The van der Waals surface area contributed by atoms with E-state index in [-0.39, 0.29) is 5.82 Å². The fourth-order valence-electron chi connectivity index (χ4n) is 1.67. The average Bonchev–Trinajstić information content (AvgIpc) is 2.30. The summed E-state index contributed by atoms with van der Waals surface area (Å²) in [6, 6.07) is 10.7. The van der Waals surface area contributed by atoms with E-state index in [2.05, 4.69) is 5.32 Å². The molecule has 0 unspecified atom stereocenters. The number of nitrogens with two attached hydrogens (primary N) is 1. The van der Waals surface area contributed by atoms with Crippen molar-refractivity contribution in [1.29, 1.82) is 0 Å². The molecule has 0 bridgehead atoms. The normalized spacial score (nSPS) is 10.3. The smallest absolute Gasteiger partial charge is 0.128 e. The van der Waals surface area contributed by atoms with E-state index in [1.165, 1.54) is 6.07 Å². The molecule has 3 N–H and O–H groups in total. The Bertz CT molecular complexity index is 550. The second kappa shape index (κ2) is 4.45. The highest BCUT2D eigenvalue weighted by atomic mass is 19.1. The van der Waals surface area contributed by atoms with Crippen LogP contribution in [0.25, 0.3) is 0 Å². The van der Waals surface area contributed by atoms with Gasteiger partial charge in [0.25, 0.3) is 0 Å². The van der Waals surface area contributed by atoms with Crippen molar-refractivity contribution < 1.29 is 4.39 Å². The predicted molar refractivity (Wildman–Crippen MR) is 70.0 cm³/mol. The number of hydrogen-bond acceptors (Lipinski definition) is 2.